The van der Waals surface area contributed by atoms with E-state index in [-0.39, 0.29) is 0 Å². The Bertz CT molecular complexity index is 480. The summed E-state index contributed by atoms with van der Waals surface area (Å²) in [6, 6.07) is 8.14. The molecule has 0 fully saturated rings. The van der Waals surface area contributed by atoms with Gasteiger partial charge in [0, 0.05) is 28.3 Å². The van der Waals surface area contributed by atoms with Crippen molar-refractivity contribution < 1.29 is 0 Å². The van der Waals surface area contributed by atoms with Crippen LogP contribution in [0.3, 0.4) is 0 Å². The van der Waals surface area contributed by atoms with Crippen LogP contribution in [0.4, 0.5) is 5.69 Å². The Morgan fingerprint density at radius 1 is 1.36 bits per heavy atom. The van der Waals surface area contributed by atoms with Crippen molar-refractivity contribution in [1.82, 2.24) is 4.98 Å². The van der Waals surface area contributed by atoms with Gasteiger partial charge in [0.2, 0.25) is 0 Å². The van der Waals surface area contributed by atoms with Gasteiger partial charge in [0.15, 0.2) is 0 Å². The molecule has 72 valence electrons. The highest BCUT2D eigenvalue weighted by Crippen LogP contribution is 2.28. The van der Waals surface area contributed by atoms with Crippen LogP contribution in [0.5, 0.6) is 0 Å². The molecule has 0 unspecified atom stereocenters. The number of anilines is 1. The van der Waals surface area contributed by atoms with Crippen LogP contribution in [0.1, 0.15) is 5.69 Å². The number of aromatic nitrogens is 1. The van der Waals surface area contributed by atoms with E-state index in [1.165, 1.54) is 0 Å². The summed E-state index contributed by atoms with van der Waals surface area (Å²) in [5.41, 5.74) is 3.15. The van der Waals surface area contributed by atoms with E-state index >= 15 is 0 Å². The van der Waals surface area contributed by atoms with Crippen LogP contribution >= 0.6 is 15.9 Å². The fraction of sp³-hybridized carbons (Fsp3) is 0.182. The fourth-order valence-electron chi connectivity index (χ4n) is 1.55. The van der Waals surface area contributed by atoms with Crippen LogP contribution in [0, 0.1) is 6.92 Å². The van der Waals surface area contributed by atoms with Gasteiger partial charge in [-0.05, 0) is 35.0 Å². The summed E-state index contributed by atoms with van der Waals surface area (Å²) < 4.78 is 1.04. The zero-order valence-electron chi connectivity index (χ0n) is 8.13. The zero-order chi connectivity index (χ0) is 10.1. The number of fused-ring (bicyclic) bond motifs is 1. The molecule has 2 nitrogen and oxygen atoms in total. The van der Waals surface area contributed by atoms with Crippen molar-refractivity contribution in [2.75, 3.05) is 12.4 Å². The highest BCUT2D eigenvalue weighted by atomic mass is 79.9. The normalized spacial score (nSPS) is 10.5. The highest BCUT2D eigenvalue weighted by molar-refractivity contribution is 9.10. The van der Waals surface area contributed by atoms with Gasteiger partial charge in [0.1, 0.15) is 0 Å². The second-order valence-electron chi connectivity index (χ2n) is 3.20. The maximum atomic E-state index is 4.50. The van der Waals surface area contributed by atoms with Crippen LogP contribution < -0.4 is 5.32 Å². The van der Waals surface area contributed by atoms with Crippen LogP contribution in [0.15, 0.2) is 28.7 Å². The standard InChI is InChI=1S/C11H11BrN2/c1-7-6-10(13-2)8-4-3-5-9(12)11(8)14-7/h3-6H,1-2H3,(H,13,14). The highest BCUT2D eigenvalue weighted by Gasteiger charge is 2.04. The molecule has 0 bridgehead atoms. The summed E-state index contributed by atoms with van der Waals surface area (Å²) in [5.74, 6) is 0. The third kappa shape index (κ3) is 1.48. The monoisotopic (exact) mass is 250 g/mol. The van der Waals surface area contributed by atoms with Gasteiger partial charge in [-0.15, -0.1) is 0 Å². The number of pyridine rings is 1. The Labute approximate surface area is 91.5 Å². The van der Waals surface area contributed by atoms with E-state index in [1.54, 1.807) is 0 Å². The summed E-state index contributed by atoms with van der Waals surface area (Å²) in [6.45, 7) is 2.00. The molecule has 0 saturated carbocycles. The number of aryl methyl sites for hydroxylation is 1. The molecule has 0 amide bonds. The zero-order valence-corrected chi connectivity index (χ0v) is 9.72. The van der Waals surface area contributed by atoms with E-state index in [9.17, 15) is 0 Å². The SMILES string of the molecule is CNc1cc(C)nc2c(Br)cccc12. The predicted octanol–water partition coefficient (Wildman–Crippen LogP) is 3.35. The van der Waals surface area contributed by atoms with Gasteiger partial charge in [0.05, 0.1) is 5.52 Å². The fourth-order valence-corrected chi connectivity index (χ4v) is 2.00. The minimum Gasteiger partial charge on any atom is -0.388 e. The van der Waals surface area contributed by atoms with E-state index in [0.717, 1.165) is 26.8 Å². The lowest BCUT2D eigenvalue weighted by Gasteiger charge is -2.07. The maximum Gasteiger partial charge on any atom is 0.0867 e. The average Bonchev–Trinajstić information content (AvgIpc) is 2.18. The number of hydrogen-bond acceptors (Lipinski definition) is 2. The second kappa shape index (κ2) is 3.58. The summed E-state index contributed by atoms with van der Waals surface area (Å²) >= 11 is 3.50. The molecular formula is C11H11BrN2. The second-order valence-corrected chi connectivity index (χ2v) is 4.05. The quantitative estimate of drug-likeness (QED) is 0.840. The van der Waals surface area contributed by atoms with E-state index in [1.807, 2.05) is 26.1 Å². The third-order valence-electron chi connectivity index (χ3n) is 2.19. The van der Waals surface area contributed by atoms with Gasteiger partial charge < -0.3 is 5.32 Å². The van der Waals surface area contributed by atoms with Crippen molar-refractivity contribution >= 4 is 32.5 Å². The molecule has 0 aliphatic heterocycles. The third-order valence-corrected chi connectivity index (χ3v) is 2.83. The molecule has 1 heterocycles. The first kappa shape index (κ1) is 9.46. The lowest BCUT2D eigenvalue weighted by Crippen LogP contribution is -1.93. The van der Waals surface area contributed by atoms with Crippen LogP contribution in [0.25, 0.3) is 10.9 Å². The van der Waals surface area contributed by atoms with Gasteiger partial charge in [-0.25, -0.2) is 0 Å². The Morgan fingerprint density at radius 3 is 2.86 bits per heavy atom. The van der Waals surface area contributed by atoms with E-state index in [4.69, 9.17) is 0 Å². The molecule has 0 spiro atoms. The van der Waals surface area contributed by atoms with E-state index in [0.29, 0.717) is 0 Å². The number of para-hydroxylation sites is 1. The Balaban J connectivity index is 2.87. The predicted molar refractivity (Wildman–Crippen MR) is 63.7 cm³/mol. The number of rotatable bonds is 1. The molecule has 0 radical (unpaired) electrons. The lowest BCUT2D eigenvalue weighted by atomic mass is 10.1. The van der Waals surface area contributed by atoms with Crippen molar-refractivity contribution in [3.63, 3.8) is 0 Å². The van der Waals surface area contributed by atoms with E-state index in [2.05, 4.69) is 38.4 Å². The molecule has 2 aromatic rings. The lowest BCUT2D eigenvalue weighted by molar-refractivity contribution is 1.25. The first-order valence-electron chi connectivity index (χ1n) is 4.46. The largest absolute Gasteiger partial charge is 0.388 e. The topological polar surface area (TPSA) is 24.9 Å². The molecular weight excluding hydrogens is 240 g/mol. The van der Waals surface area contributed by atoms with Crippen molar-refractivity contribution in [3.05, 3.63) is 34.4 Å². The summed E-state index contributed by atoms with van der Waals surface area (Å²) in [6.07, 6.45) is 0. The van der Waals surface area contributed by atoms with Crippen molar-refractivity contribution in [1.29, 1.82) is 0 Å². The van der Waals surface area contributed by atoms with Crippen molar-refractivity contribution in [2.45, 2.75) is 6.92 Å². The number of nitrogens with zero attached hydrogens (tertiary/aromatic N) is 1. The summed E-state index contributed by atoms with van der Waals surface area (Å²) in [5, 5.41) is 4.32. The van der Waals surface area contributed by atoms with Crippen molar-refractivity contribution in [2.24, 2.45) is 0 Å². The van der Waals surface area contributed by atoms with Crippen LogP contribution in [-0.2, 0) is 0 Å². The van der Waals surface area contributed by atoms with Gasteiger partial charge in [-0.3, -0.25) is 4.98 Å². The average molecular weight is 251 g/mol. The van der Waals surface area contributed by atoms with Gasteiger partial charge in [-0.2, -0.15) is 0 Å². The molecule has 1 aromatic carbocycles. The molecule has 3 heteroatoms. The van der Waals surface area contributed by atoms with E-state index < -0.39 is 0 Å². The Kier molecular flexibility index (Phi) is 2.42. The molecule has 0 aliphatic rings. The number of nitrogens with one attached hydrogen (secondary N) is 1. The maximum absolute atomic E-state index is 4.50. The summed E-state index contributed by atoms with van der Waals surface area (Å²) in [7, 11) is 1.93. The van der Waals surface area contributed by atoms with Crippen molar-refractivity contribution in [3.8, 4) is 0 Å². The van der Waals surface area contributed by atoms with Gasteiger partial charge in [-0.1, -0.05) is 12.1 Å². The number of halogens is 1. The first-order chi connectivity index (χ1) is 6.72. The summed E-state index contributed by atoms with van der Waals surface area (Å²) in [4.78, 5) is 4.50. The first-order valence-corrected chi connectivity index (χ1v) is 5.25. The van der Waals surface area contributed by atoms with Crippen LogP contribution in [-0.4, -0.2) is 12.0 Å². The molecule has 0 aliphatic carbocycles. The van der Waals surface area contributed by atoms with Gasteiger partial charge >= 0.3 is 0 Å². The van der Waals surface area contributed by atoms with Crippen LogP contribution in [0.2, 0.25) is 0 Å². The number of hydrogen-bond donors (Lipinski definition) is 1. The Hall–Kier alpha value is -1.09. The number of benzene rings is 1. The molecule has 1 N–H and O–H groups in total. The minimum absolute atomic E-state index is 1.01. The smallest absolute Gasteiger partial charge is 0.0867 e. The molecule has 14 heavy (non-hydrogen) atoms. The molecule has 0 saturated heterocycles. The Morgan fingerprint density at radius 2 is 2.14 bits per heavy atom. The molecule has 1 aromatic heterocycles. The molecule has 2 rings (SSSR count). The minimum atomic E-state index is 1.01. The molecule has 0 atom stereocenters. The van der Waals surface area contributed by atoms with Gasteiger partial charge in [0.25, 0.3) is 0 Å².